The molecule has 1 saturated carbocycles. The van der Waals surface area contributed by atoms with Gasteiger partial charge in [-0.1, -0.05) is 25.7 Å². The summed E-state index contributed by atoms with van der Waals surface area (Å²) in [6.45, 7) is 3.80. The van der Waals surface area contributed by atoms with Gasteiger partial charge < -0.3 is 20.7 Å². The monoisotopic (exact) mass is 361 g/mol. The first-order chi connectivity index (χ1) is 12.7. The Bertz CT molecular complexity index is 594. The summed E-state index contributed by atoms with van der Waals surface area (Å²) < 4.78 is 5.14. The normalized spacial score (nSPS) is 19.8. The fraction of sp³-hybridized carbons (Fsp3) is 0.737. The van der Waals surface area contributed by atoms with Crippen molar-refractivity contribution in [3.8, 4) is 0 Å². The van der Waals surface area contributed by atoms with E-state index in [1.807, 2.05) is 6.92 Å². The van der Waals surface area contributed by atoms with Crippen LogP contribution in [-0.4, -0.2) is 41.7 Å². The number of rotatable bonds is 5. The van der Waals surface area contributed by atoms with Crippen LogP contribution in [0.3, 0.4) is 0 Å². The number of nitrogens with zero attached hydrogens (tertiary/aromatic N) is 3. The van der Waals surface area contributed by atoms with Gasteiger partial charge in [0.05, 0.1) is 12.5 Å². The number of esters is 1. The highest BCUT2D eigenvalue weighted by molar-refractivity contribution is 5.76. The smallest absolute Gasteiger partial charge is 0.309 e. The van der Waals surface area contributed by atoms with Gasteiger partial charge >= 0.3 is 5.97 Å². The first-order valence-electron chi connectivity index (χ1n) is 9.97. The van der Waals surface area contributed by atoms with Gasteiger partial charge in [-0.15, -0.1) is 0 Å². The Kier molecular flexibility index (Phi) is 6.52. The molecule has 0 amide bonds. The average molecular weight is 361 g/mol. The van der Waals surface area contributed by atoms with Gasteiger partial charge in [0.15, 0.2) is 11.6 Å². The molecule has 2 fully saturated rings. The van der Waals surface area contributed by atoms with E-state index in [1.54, 1.807) is 6.33 Å². The van der Waals surface area contributed by atoms with Crippen molar-refractivity contribution in [3.63, 3.8) is 0 Å². The van der Waals surface area contributed by atoms with Gasteiger partial charge in [-0.25, -0.2) is 9.97 Å². The van der Waals surface area contributed by atoms with Crippen LogP contribution in [0.5, 0.6) is 0 Å². The molecule has 2 heterocycles. The highest BCUT2D eigenvalue weighted by Gasteiger charge is 2.28. The van der Waals surface area contributed by atoms with Gasteiger partial charge in [0.25, 0.3) is 0 Å². The standard InChI is InChI=1S/C19H31N5O2/c1-2-26-19(25)14-9-11-24(12-10-14)18-16(20)17(21-13-22-18)23-15-7-5-3-4-6-8-15/h13-15H,2-12,20H2,1H3,(H,21,22,23). The number of nitrogens with two attached hydrogens (primary N) is 1. The Labute approximate surface area is 155 Å². The number of piperidine rings is 1. The van der Waals surface area contributed by atoms with Crippen LogP contribution in [0.25, 0.3) is 0 Å². The number of anilines is 3. The second-order valence-electron chi connectivity index (χ2n) is 7.31. The van der Waals surface area contributed by atoms with E-state index in [2.05, 4.69) is 20.2 Å². The van der Waals surface area contributed by atoms with E-state index in [4.69, 9.17) is 10.5 Å². The quantitative estimate of drug-likeness (QED) is 0.615. The predicted molar refractivity (Wildman–Crippen MR) is 103 cm³/mol. The molecule has 1 aromatic heterocycles. The molecule has 0 radical (unpaired) electrons. The zero-order valence-corrected chi connectivity index (χ0v) is 15.7. The lowest BCUT2D eigenvalue weighted by atomic mass is 9.97. The molecule has 7 nitrogen and oxygen atoms in total. The van der Waals surface area contributed by atoms with Crippen molar-refractivity contribution in [2.24, 2.45) is 5.92 Å². The topological polar surface area (TPSA) is 93.4 Å². The first-order valence-corrected chi connectivity index (χ1v) is 9.97. The second kappa shape index (κ2) is 9.05. The van der Waals surface area contributed by atoms with Gasteiger partial charge in [-0.3, -0.25) is 4.79 Å². The Morgan fingerprint density at radius 2 is 1.88 bits per heavy atom. The Hall–Kier alpha value is -2.05. The summed E-state index contributed by atoms with van der Waals surface area (Å²) in [5.74, 6) is 1.42. The van der Waals surface area contributed by atoms with Crippen LogP contribution in [0.15, 0.2) is 6.33 Å². The van der Waals surface area contributed by atoms with Crippen LogP contribution < -0.4 is 16.0 Å². The second-order valence-corrected chi connectivity index (χ2v) is 7.31. The third-order valence-corrected chi connectivity index (χ3v) is 5.47. The Morgan fingerprint density at radius 1 is 1.19 bits per heavy atom. The van der Waals surface area contributed by atoms with Crippen LogP contribution in [-0.2, 0) is 9.53 Å². The summed E-state index contributed by atoms with van der Waals surface area (Å²) in [5.41, 5.74) is 7.01. The number of aromatic nitrogens is 2. The number of carbonyl (C=O) groups excluding carboxylic acids is 1. The molecular formula is C19H31N5O2. The van der Waals surface area contributed by atoms with Crippen molar-refractivity contribution in [3.05, 3.63) is 6.33 Å². The molecule has 0 spiro atoms. The summed E-state index contributed by atoms with van der Waals surface area (Å²) in [6.07, 6.45) is 10.6. The molecular weight excluding hydrogens is 330 g/mol. The van der Waals surface area contributed by atoms with E-state index in [-0.39, 0.29) is 11.9 Å². The molecule has 1 saturated heterocycles. The largest absolute Gasteiger partial charge is 0.466 e. The lowest BCUT2D eigenvalue weighted by Gasteiger charge is -2.32. The fourth-order valence-electron chi connectivity index (χ4n) is 3.96. The van der Waals surface area contributed by atoms with Crippen LogP contribution >= 0.6 is 0 Å². The number of nitrogens with one attached hydrogen (secondary N) is 1. The first kappa shape index (κ1) is 18.7. The molecule has 0 unspecified atom stereocenters. The lowest BCUT2D eigenvalue weighted by Crippen LogP contribution is -2.38. The van der Waals surface area contributed by atoms with Gasteiger partial charge in [-0.05, 0) is 32.6 Å². The van der Waals surface area contributed by atoms with Gasteiger partial charge in [0.2, 0.25) is 0 Å². The highest BCUT2D eigenvalue weighted by atomic mass is 16.5. The van der Waals surface area contributed by atoms with Crippen molar-refractivity contribution in [2.45, 2.75) is 64.3 Å². The van der Waals surface area contributed by atoms with E-state index in [1.165, 1.54) is 38.5 Å². The SMILES string of the molecule is CCOC(=O)C1CCN(c2ncnc(NC3CCCCCC3)c2N)CC1. The van der Waals surface area contributed by atoms with E-state index < -0.39 is 0 Å². The number of ether oxygens (including phenoxy) is 1. The summed E-state index contributed by atoms with van der Waals surface area (Å²) >= 11 is 0. The molecule has 0 atom stereocenters. The summed E-state index contributed by atoms with van der Waals surface area (Å²) in [5, 5.41) is 3.54. The third kappa shape index (κ3) is 4.56. The Morgan fingerprint density at radius 3 is 2.54 bits per heavy atom. The van der Waals surface area contributed by atoms with Gasteiger partial charge in [0, 0.05) is 19.1 Å². The summed E-state index contributed by atoms with van der Waals surface area (Å²) in [7, 11) is 0. The zero-order valence-electron chi connectivity index (χ0n) is 15.7. The molecule has 144 valence electrons. The maximum atomic E-state index is 11.9. The molecule has 3 rings (SSSR count). The minimum atomic E-state index is -0.0847. The van der Waals surface area contributed by atoms with Crippen molar-refractivity contribution in [1.82, 2.24) is 9.97 Å². The molecule has 1 aliphatic heterocycles. The van der Waals surface area contributed by atoms with E-state index in [0.717, 1.165) is 37.6 Å². The lowest BCUT2D eigenvalue weighted by molar-refractivity contribution is -0.148. The minimum Gasteiger partial charge on any atom is -0.466 e. The summed E-state index contributed by atoms with van der Waals surface area (Å²) in [6, 6.07) is 0.442. The molecule has 2 aliphatic rings. The number of carbonyl (C=O) groups is 1. The van der Waals surface area contributed by atoms with Crippen LogP contribution in [0.2, 0.25) is 0 Å². The van der Waals surface area contributed by atoms with Crippen molar-refractivity contribution >= 4 is 23.3 Å². The maximum Gasteiger partial charge on any atom is 0.309 e. The molecule has 0 bridgehead atoms. The maximum absolute atomic E-state index is 11.9. The molecule has 1 aromatic rings. The molecule has 0 aromatic carbocycles. The van der Waals surface area contributed by atoms with Crippen molar-refractivity contribution in [1.29, 1.82) is 0 Å². The van der Waals surface area contributed by atoms with Gasteiger partial charge in [-0.2, -0.15) is 0 Å². The Balaban J connectivity index is 1.63. The zero-order chi connectivity index (χ0) is 18.4. The van der Waals surface area contributed by atoms with E-state index in [9.17, 15) is 4.79 Å². The van der Waals surface area contributed by atoms with Crippen LogP contribution in [0, 0.1) is 5.92 Å². The van der Waals surface area contributed by atoms with Crippen LogP contribution in [0.1, 0.15) is 58.3 Å². The van der Waals surface area contributed by atoms with Crippen molar-refractivity contribution < 1.29 is 9.53 Å². The van der Waals surface area contributed by atoms with E-state index in [0.29, 0.717) is 18.3 Å². The number of hydrogen-bond acceptors (Lipinski definition) is 7. The highest BCUT2D eigenvalue weighted by Crippen LogP contribution is 2.31. The molecule has 7 heteroatoms. The van der Waals surface area contributed by atoms with Crippen LogP contribution in [0.4, 0.5) is 17.3 Å². The molecule has 1 aliphatic carbocycles. The average Bonchev–Trinajstić information content (AvgIpc) is 2.92. The molecule has 3 N–H and O–H groups in total. The number of hydrogen-bond donors (Lipinski definition) is 2. The fourth-order valence-corrected chi connectivity index (χ4v) is 3.96. The van der Waals surface area contributed by atoms with Crippen molar-refractivity contribution in [2.75, 3.05) is 35.6 Å². The van der Waals surface area contributed by atoms with E-state index >= 15 is 0 Å². The predicted octanol–water partition coefficient (Wildman–Crippen LogP) is 2.97. The minimum absolute atomic E-state index is 0.0159. The number of nitrogen functional groups attached to an aromatic ring is 1. The molecule has 26 heavy (non-hydrogen) atoms. The van der Waals surface area contributed by atoms with Gasteiger partial charge in [0.1, 0.15) is 12.0 Å². The summed E-state index contributed by atoms with van der Waals surface area (Å²) in [4.78, 5) is 22.9. The third-order valence-electron chi connectivity index (χ3n) is 5.47.